The molecular formula is C13H27N3. The van der Waals surface area contributed by atoms with Crippen molar-refractivity contribution in [3.63, 3.8) is 0 Å². The lowest BCUT2D eigenvalue weighted by atomic mass is 9.87. The molecule has 1 heterocycles. The smallest absolute Gasteiger partial charge is 0.0249 e. The van der Waals surface area contributed by atoms with Crippen LogP contribution in [-0.2, 0) is 0 Å². The van der Waals surface area contributed by atoms with Gasteiger partial charge in [0.1, 0.15) is 0 Å². The van der Waals surface area contributed by atoms with E-state index in [-0.39, 0.29) is 0 Å². The van der Waals surface area contributed by atoms with E-state index in [4.69, 9.17) is 0 Å². The lowest BCUT2D eigenvalue weighted by molar-refractivity contribution is 0.0851. The predicted molar refractivity (Wildman–Crippen MR) is 68.8 cm³/mol. The van der Waals surface area contributed by atoms with Gasteiger partial charge in [0.05, 0.1) is 0 Å². The van der Waals surface area contributed by atoms with Crippen molar-refractivity contribution in [3.05, 3.63) is 0 Å². The summed E-state index contributed by atoms with van der Waals surface area (Å²) in [6.07, 6.45) is 7.00. The summed E-state index contributed by atoms with van der Waals surface area (Å²) in [6, 6.07) is 1.63. The summed E-state index contributed by atoms with van der Waals surface area (Å²) in [5.74, 6) is 0. The van der Waals surface area contributed by atoms with E-state index >= 15 is 0 Å². The summed E-state index contributed by atoms with van der Waals surface area (Å²) < 4.78 is 0. The van der Waals surface area contributed by atoms with E-state index in [1.807, 2.05) is 0 Å². The maximum atomic E-state index is 3.70. The molecule has 2 rings (SSSR count). The zero-order valence-electron chi connectivity index (χ0n) is 10.9. The SMILES string of the molecule is CN(C)CCCN1CCN[C@H]2CCCC[C@H]21. The zero-order valence-corrected chi connectivity index (χ0v) is 10.9. The Morgan fingerprint density at radius 3 is 2.88 bits per heavy atom. The van der Waals surface area contributed by atoms with Crippen molar-refractivity contribution in [2.75, 3.05) is 40.3 Å². The summed E-state index contributed by atoms with van der Waals surface area (Å²) in [6.45, 7) is 4.97. The molecule has 2 atom stereocenters. The van der Waals surface area contributed by atoms with Crippen LogP contribution in [0.2, 0.25) is 0 Å². The first-order valence-electron chi connectivity index (χ1n) is 6.89. The highest BCUT2D eigenvalue weighted by Crippen LogP contribution is 2.25. The molecule has 3 nitrogen and oxygen atoms in total. The maximum Gasteiger partial charge on any atom is 0.0249 e. The van der Waals surface area contributed by atoms with Crippen LogP contribution < -0.4 is 5.32 Å². The van der Waals surface area contributed by atoms with Gasteiger partial charge in [-0.15, -0.1) is 0 Å². The van der Waals surface area contributed by atoms with Crippen LogP contribution in [-0.4, -0.2) is 62.2 Å². The predicted octanol–water partition coefficient (Wildman–Crippen LogP) is 1.15. The fraction of sp³-hybridized carbons (Fsp3) is 1.00. The van der Waals surface area contributed by atoms with Crippen molar-refractivity contribution in [2.24, 2.45) is 0 Å². The molecule has 3 heteroatoms. The van der Waals surface area contributed by atoms with Gasteiger partial charge in [0, 0.05) is 25.2 Å². The molecule has 1 saturated heterocycles. The average Bonchev–Trinajstić information content (AvgIpc) is 2.29. The molecule has 0 bridgehead atoms. The van der Waals surface area contributed by atoms with Crippen LogP contribution in [0.15, 0.2) is 0 Å². The molecule has 1 aliphatic carbocycles. The topological polar surface area (TPSA) is 18.5 Å². The highest BCUT2D eigenvalue weighted by atomic mass is 15.2. The molecule has 1 N–H and O–H groups in total. The van der Waals surface area contributed by atoms with E-state index in [1.165, 1.54) is 58.3 Å². The average molecular weight is 225 g/mol. The summed E-state index contributed by atoms with van der Waals surface area (Å²) in [4.78, 5) is 5.03. The Balaban J connectivity index is 1.78. The molecule has 94 valence electrons. The number of nitrogens with one attached hydrogen (secondary N) is 1. The van der Waals surface area contributed by atoms with Crippen molar-refractivity contribution in [2.45, 2.75) is 44.2 Å². The molecule has 0 aromatic heterocycles. The molecule has 0 aromatic rings. The van der Waals surface area contributed by atoms with Gasteiger partial charge in [-0.2, -0.15) is 0 Å². The maximum absolute atomic E-state index is 3.70. The second kappa shape index (κ2) is 5.99. The number of piperazine rings is 1. The van der Waals surface area contributed by atoms with Crippen molar-refractivity contribution in [1.29, 1.82) is 0 Å². The molecule has 1 aliphatic heterocycles. The number of hydrogen-bond donors (Lipinski definition) is 1. The molecule has 2 aliphatic rings. The Morgan fingerprint density at radius 1 is 1.25 bits per heavy atom. The first-order chi connectivity index (χ1) is 7.77. The third-order valence-corrected chi connectivity index (χ3v) is 4.05. The number of rotatable bonds is 4. The van der Waals surface area contributed by atoms with Crippen LogP contribution >= 0.6 is 0 Å². The fourth-order valence-corrected chi connectivity index (χ4v) is 3.21. The van der Waals surface area contributed by atoms with Gasteiger partial charge < -0.3 is 10.2 Å². The second-order valence-electron chi connectivity index (χ2n) is 5.61. The third-order valence-electron chi connectivity index (χ3n) is 4.05. The molecule has 0 radical (unpaired) electrons. The second-order valence-corrected chi connectivity index (χ2v) is 5.61. The summed E-state index contributed by atoms with van der Waals surface area (Å²) in [7, 11) is 4.34. The monoisotopic (exact) mass is 225 g/mol. The number of fused-ring (bicyclic) bond motifs is 1. The van der Waals surface area contributed by atoms with Crippen molar-refractivity contribution in [3.8, 4) is 0 Å². The molecule has 0 aromatic carbocycles. The van der Waals surface area contributed by atoms with Crippen LogP contribution in [0.3, 0.4) is 0 Å². The van der Waals surface area contributed by atoms with Crippen LogP contribution in [0.1, 0.15) is 32.1 Å². The highest BCUT2D eigenvalue weighted by Gasteiger charge is 2.32. The molecule has 0 unspecified atom stereocenters. The largest absolute Gasteiger partial charge is 0.311 e. The Hall–Kier alpha value is -0.120. The Labute approximate surface area is 100 Å². The van der Waals surface area contributed by atoms with E-state index in [1.54, 1.807) is 0 Å². The summed E-state index contributed by atoms with van der Waals surface area (Å²) in [5, 5.41) is 3.70. The van der Waals surface area contributed by atoms with Gasteiger partial charge in [0.2, 0.25) is 0 Å². The van der Waals surface area contributed by atoms with Crippen LogP contribution in [0.25, 0.3) is 0 Å². The van der Waals surface area contributed by atoms with Gasteiger partial charge in [-0.25, -0.2) is 0 Å². The lowest BCUT2D eigenvalue weighted by Crippen LogP contribution is -2.59. The van der Waals surface area contributed by atoms with Gasteiger partial charge in [0.15, 0.2) is 0 Å². The Kier molecular flexibility index (Phi) is 4.62. The van der Waals surface area contributed by atoms with Crippen LogP contribution in [0.5, 0.6) is 0 Å². The normalized spacial score (nSPS) is 31.7. The summed E-state index contributed by atoms with van der Waals surface area (Å²) in [5.41, 5.74) is 0. The number of nitrogens with zero attached hydrogens (tertiary/aromatic N) is 2. The molecule has 0 spiro atoms. The van der Waals surface area contributed by atoms with Crippen LogP contribution in [0.4, 0.5) is 0 Å². The fourth-order valence-electron chi connectivity index (χ4n) is 3.21. The van der Waals surface area contributed by atoms with Crippen molar-refractivity contribution < 1.29 is 0 Å². The molecule has 1 saturated carbocycles. The minimum atomic E-state index is 0.793. The molecule has 16 heavy (non-hydrogen) atoms. The van der Waals surface area contributed by atoms with E-state index in [9.17, 15) is 0 Å². The summed E-state index contributed by atoms with van der Waals surface area (Å²) >= 11 is 0. The van der Waals surface area contributed by atoms with Gasteiger partial charge in [-0.05, 0) is 46.4 Å². The quantitative estimate of drug-likeness (QED) is 0.774. The zero-order chi connectivity index (χ0) is 11.4. The van der Waals surface area contributed by atoms with Gasteiger partial charge in [-0.3, -0.25) is 4.90 Å². The van der Waals surface area contributed by atoms with E-state index in [0.717, 1.165) is 12.1 Å². The number of hydrogen-bond acceptors (Lipinski definition) is 3. The van der Waals surface area contributed by atoms with Gasteiger partial charge in [-0.1, -0.05) is 12.8 Å². The standard InChI is InChI=1S/C13H27N3/c1-15(2)9-5-10-16-11-8-14-12-6-3-4-7-13(12)16/h12-14H,3-11H2,1-2H3/t12-,13+/m0/s1. The van der Waals surface area contributed by atoms with E-state index in [0.29, 0.717) is 0 Å². The Bertz CT molecular complexity index is 203. The lowest BCUT2D eigenvalue weighted by Gasteiger charge is -2.44. The molecule has 0 amide bonds. The Morgan fingerprint density at radius 2 is 2.06 bits per heavy atom. The van der Waals surface area contributed by atoms with Gasteiger partial charge >= 0.3 is 0 Å². The first kappa shape index (κ1) is 12.3. The minimum absolute atomic E-state index is 0.793. The molecule has 2 fully saturated rings. The van der Waals surface area contributed by atoms with E-state index in [2.05, 4.69) is 29.2 Å². The van der Waals surface area contributed by atoms with E-state index < -0.39 is 0 Å². The third kappa shape index (κ3) is 3.19. The minimum Gasteiger partial charge on any atom is -0.311 e. The van der Waals surface area contributed by atoms with Crippen molar-refractivity contribution >= 4 is 0 Å². The highest BCUT2D eigenvalue weighted by molar-refractivity contribution is 4.91. The van der Waals surface area contributed by atoms with Crippen LogP contribution in [0, 0.1) is 0 Å². The van der Waals surface area contributed by atoms with Gasteiger partial charge in [0.25, 0.3) is 0 Å². The molecular weight excluding hydrogens is 198 g/mol. The first-order valence-corrected chi connectivity index (χ1v) is 6.89. The van der Waals surface area contributed by atoms with Crippen molar-refractivity contribution in [1.82, 2.24) is 15.1 Å².